The van der Waals surface area contributed by atoms with Crippen LogP contribution < -0.4 is 0 Å². The first-order valence-electron chi connectivity index (χ1n) is 6.48. The Hall–Kier alpha value is -1.31. The van der Waals surface area contributed by atoms with Gasteiger partial charge in [-0.1, -0.05) is 52.8 Å². The van der Waals surface area contributed by atoms with Gasteiger partial charge in [-0.05, 0) is 34.9 Å². The van der Waals surface area contributed by atoms with Crippen molar-refractivity contribution >= 4 is 5.97 Å². The lowest BCUT2D eigenvalue weighted by Gasteiger charge is -2.24. The molecule has 1 aromatic rings. The van der Waals surface area contributed by atoms with E-state index < -0.39 is 11.9 Å². The van der Waals surface area contributed by atoms with Crippen molar-refractivity contribution in [2.24, 2.45) is 5.92 Å². The molecule has 18 heavy (non-hydrogen) atoms. The van der Waals surface area contributed by atoms with Crippen LogP contribution in [0.1, 0.15) is 57.2 Å². The standard InChI is InChI=1S/C16H24O2/c1-10(2)14(15(17)18)13-9-12(16(4,5)6)8-7-11(13)3/h7-10,14H,1-6H3,(H,17,18). The SMILES string of the molecule is Cc1ccc(C(C)(C)C)cc1C(C(=O)O)C(C)C. The predicted molar refractivity (Wildman–Crippen MR) is 75.1 cm³/mol. The molecule has 1 aromatic carbocycles. The van der Waals surface area contributed by atoms with E-state index in [4.69, 9.17) is 0 Å². The summed E-state index contributed by atoms with van der Waals surface area (Å²) in [6.45, 7) is 12.3. The van der Waals surface area contributed by atoms with Crippen LogP contribution in [0.15, 0.2) is 18.2 Å². The largest absolute Gasteiger partial charge is 0.481 e. The summed E-state index contributed by atoms with van der Waals surface area (Å²) in [5.41, 5.74) is 3.24. The monoisotopic (exact) mass is 248 g/mol. The van der Waals surface area contributed by atoms with Crippen molar-refractivity contribution in [1.29, 1.82) is 0 Å². The summed E-state index contributed by atoms with van der Waals surface area (Å²) in [7, 11) is 0. The van der Waals surface area contributed by atoms with E-state index in [1.165, 1.54) is 5.56 Å². The highest BCUT2D eigenvalue weighted by Crippen LogP contribution is 2.31. The summed E-state index contributed by atoms with van der Waals surface area (Å²) in [4.78, 5) is 11.5. The van der Waals surface area contributed by atoms with Gasteiger partial charge in [-0.15, -0.1) is 0 Å². The summed E-state index contributed by atoms with van der Waals surface area (Å²) >= 11 is 0. The van der Waals surface area contributed by atoms with E-state index in [1.807, 2.05) is 26.8 Å². The molecule has 0 radical (unpaired) electrons. The van der Waals surface area contributed by atoms with Crippen LogP contribution in [0.4, 0.5) is 0 Å². The van der Waals surface area contributed by atoms with Crippen LogP contribution in [-0.2, 0) is 10.2 Å². The number of carboxylic acids is 1. The van der Waals surface area contributed by atoms with Crippen molar-refractivity contribution in [3.05, 3.63) is 34.9 Å². The molecule has 0 amide bonds. The van der Waals surface area contributed by atoms with Crippen LogP contribution in [0.3, 0.4) is 0 Å². The zero-order chi connectivity index (χ0) is 14.1. The summed E-state index contributed by atoms with van der Waals surface area (Å²) in [6, 6.07) is 6.19. The van der Waals surface area contributed by atoms with Gasteiger partial charge in [-0.25, -0.2) is 0 Å². The Morgan fingerprint density at radius 3 is 2.17 bits per heavy atom. The average Bonchev–Trinajstić information content (AvgIpc) is 2.18. The van der Waals surface area contributed by atoms with Gasteiger partial charge in [-0.2, -0.15) is 0 Å². The Bertz CT molecular complexity index is 439. The van der Waals surface area contributed by atoms with Crippen LogP contribution in [0.2, 0.25) is 0 Å². The Balaban J connectivity index is 3.34. The second-order valence-corrected chi connectivity index (χ2v) is 6.38. The third kappa shape index (κ3) is 3.12. The van der Waals surface area contributed by atoms with Crippen molar-refractivity contribution in [3.8, 4) is 0 Å². The van der Waals surface area contributed by atoms with E-state index in [1.54, 1.807) is 0 Å². The molecule has 0 aliphatic carbocycles. The van der Waals surface area contributed by atoms with E-state index in [2.05, 4.69) is 32.9 Å². The number of carboxylic acid groups (broad SMARTS) is 1. The van der Waals surface area contributed by atoms with Gasteiger partial charge in [0.05, 0.1) is 5.92 Å². The Kier molecular flexibility index (Phi) is 4.20. The van der Waals surface area contributed by atoms with Gasteiger partial charge in [0.2, 0.25) is 0 Å². The van der Waals surface area contributed by atoms with Crippen LogP contribution >= 0.6 is 0 Å². The Morgan fingerprint density at radius 2 is 1.78 bits per heavy atom. The van der Waals surface area contributed by atoms with E-state index in [0.717, 1.165) is 11.1 Å². The fourth-order valence-corrected chi connectivity index (χ4v) is 2.22. The maximum Gasteiger partial charge on any atom is 0.311 e. The summed E-state index contributed by atoms with van der Waals surface area (Å²) in [5, 5.41) is 9.42. The first-order chi connectivity index (χ1) is 8.14. The molecule has 0 saturated carbocycles. The maximum absolute atomic E-state index is 11.5. The molecule has 2 heteroatoms. The van der Waals surface area contributed by atoms with Crippen molar-refractivity contribution < 1.29 is 9.90 Å². The van der Waals surface area contributed by atoms with E-state index >= 15 is 0 Å². The van der Waals surface area contributed by atoms with Gasteiger partial charge in [0.15, 0.2) is 0 Å². The fourth-order valence-electron chi connectivity index (χ4n) is 2.22. The van der Waals surface area contributed by atoms with Crippen LogP contribution in [0.5, 0.6) is 0 Å². The van der Waals surface area contributed by atoms with E-state index in [9.17, 15) is 9.90 Å². The zero-order valence-corrected chi connectivity index (χ0v) is 12.2. The molecule has 0 aromatic heterocycles. The van der Waals surface area contributed by atoms with Gasteiger partial charge in [-0.3, -0.25) is 4.79 Å². The van der Waals surface area contributed by atoms with Gasteiger partial charge >= 0.3 is 5.97 Å². The predicted octanol–water partition coefficient (Wildman–Crippen LogP) is 4.12. The second-order valence-electron chi connectivity index (χ2n) is 6.38. The maximum atomic E-state index is 11.5. The number of hydrogen-bond donors (Lipinski definition) is 1. The lowest BCUT2D eigenvalue weighted by Crippen LogP contribution is -2.20. The molecule has 0 saturated heterocycles. The van der Waals surface area contributed by atoms with Gasteiger partial charge < -0.3 is 5.11 Å². The van der Waals surface area contributed by atoms with Crippen LogP contribution in [0, 0.1) is 12.8 Å². The molecule has 1 rings (SSSR count). The molecule has 0 heterocycles. The van der Waals surface area contributed by atoms with Crippen molar-refractivity contribution in [1.82, 2.24) is 0 Å². The van der Waals surface area contributed by atoms with Crippen LogP contribution in [-0.4, -0.2) is 11.1 Å². The molecular formula is C16H24O2. The highest BCUT2D eigenvalue weighted by Gasteiger charge is 2.26. The molecule has 2 nitrogen and oxygen atoms in total. The number of hydrogen-bond acceptors (Lipinski definition) is 1. The van der Waals surface area contributed by atoms with Crippen molar-refractivity contribution in [3.63, 3.8) is 0 Å². The number of rotatable bonds is 3. The first-order valence-corrected chi connectivity index (χ1v) is 6.48. The first kappa shape index (κ1) is 14.7. The number of benzene rings is 1. The van der Waals surface area contributed by atoms with Crippen LogP contribution in [0.25, 0.3) is 0 Å². The van der Waals surface area contributed by atoms with Gasteiger partial charge in [0.1, 0.15) is 0 Å². The molecule has 1 N–H and O–H groups in total. The minimum Gasteiger partial charge on any atom is -0.481 e. The van der Waals surface area contributed by atoms with Crippen molar-refractivity contribution in [2.45, 2.75) is 52.9 Å². The zero-order valence-electron chi connectivity index (χ0n) is 12.2. The Labute approximate surface area is 110 Å². The lowest BCUT2D eigenvalue weighted by atomic mass is 9.80. The number of aliphatic carboxylic acids is 1. The number of aryl methyl sites for hydroxylation is 1. The lowest BCUT2D eigenvalue weighted by molar-refractivity contribution is -0.139. The molecule has 0 aliphatic heterocycles. The third-order valence-electron chi connectivity index (χ3n) is 3.41. The summed E-state index contributed by atoms with van der Waals surface area (Å²) in [5.74, 6) is -1.07. The topological polar surface area (TPSA) is 37.3 Å². The van der Waals surface area contributed by atoms with E-state index in [0.29, 0.717) is 0 Å². The van der Waals surface area contributed by atoms with E-state index in [-0.39, 0.29) is 11.3 Å². The number of carbonyl (C=O) groups is 1. The molecule has 100 valence electrons. The molecule has 1 atom stereocenters. The minimum atomic E-state index is -0.737. The molecule has 0 fully saturated rings. The molecule has 0 bridgehead atoms. The Morgan fingerprint density at radius 1 is 1.22 bits per heavy atom. The normalized spacial score (nSPS) is 13.7. The average molecular weight is 248 g/mol. The van der Waals surface area contributed by atoms with Gasteiger partial charge in [0, 0.05) is 0 Å². The van der Waals surface area contributed by atoms with Gasteiger partial charge in [0.25, 0.3) is 0 Å². The smallest absolute Gasteiger partial charge is 0.311 e. The molecular weight excluding hydrogens is 224 g/mol. The fraction of sp³-hybridized carbons (Fsp3) is 0.562. The minimum absolute atomic E-state index is 0.0441. The molecule has 0 aliphatic rings. The quantitative estimate of drug-likeness (QED) is 0.873. The summed E-state index contributed by atoms with van der Waals surface area (Å²) in [6.07, 6.45) is 0. The second kappa shape index (κ2) is 5.13. The third-order valence-corrected chi connectivity index (χ3v) is 3.41. The summed E-state index contributed by atoms with van der Waals surface area (Å²) < 4.78 is 0. The molecule has 1 unspecified atom stereocenters. The molecule has 0 spiro atoms. The highest BCUT2D eigenvalue weighted by atomic mass is 16.4. The highest BCUT2D eigenvalue weighted by molar-refractivity contribution is 5.77. The van der Waals surface area contributed by atoms with Crippen molar-refractivity contribution in [2.75, 3.05) is 0 Å².